The summed E-state index contributed by atoms with van der Waals surface area (Å²) in [4.78, 5) is 11.7. The molecule has 5 heteroatoms. The highest BCUT2D eigenvalue weighted by Crippen LogP contribution is 2.35. The first-order valence-electron chi connectivity index (χ1n) is 7.29. The van der Waals surface area contributed by atoms with Gasteiger partial charge < -0.3 is 15.4 Å². The van der Waals surface area contributed by atoms with E-state index in [-0.39, 0.29) is 11.6 Å². The molecule has 1 aromatic carbocycles. The van der Waals surface area contributed by atoms with Gasteiger partial charge >= 0.3 is 6.09 Å². The van der Waals surface area contributed by atoms with E-state index in [4.69, 9.17) is 16.3 Å². The molecule has 0 spiro atoms. The molecule has 21 heavy (non-hydrogen) atoms. The molecule has 1 aliphatic heterocycles. The number of rotatable bonds is 4. The maximum atomic E-state index is 11.7. The van der Waals surface area contributed by atoms with Gasteiger partial charge in [0.15, 0.2) is 0 Å². The number of carbonyl (C=O) groups is 1. The van der Waals surface area contributed by atoms with Crippen molar-refractivity contribution in [3.8, 4) is 0 Å². The second-order valence-corrected chi connectivity index (χ2v) is 6.88. The fourth-order valence-electron chi connectivity index (χ4n) is 2.51. The zero-order chi connectivity index (χ0) is 15.5. The molecule has 0 radical (unpaired) electrons. The molecule has 1 saturated heterocycles. The first kappa shape index (κ1) is 16.1. The number of hydrogen-bond donors (Lipinski definition) is 2. The summed E-state index contributed by atoms with van der Waals surface area (Å²) < 4.78 is 5.24. The van der Waals surface area contributed by atoms with Crippen LogP contribution in [-0.2, 0) is 10.3 Å². The van der Waals surface area contributed by atoms with E-state index in [9.17, 15) is 4.79 Å². The molecule has 1 aromatic rings. The third-order valence-electron chi connectivity index (χ3n) is 3.61. The summed E-state index contributed by atoms with van der Waals surface area (Å²) in [6.07, 6.45) is 1.48. The third-order valence-corrected chi connectivity index (χ3v) is 3.85. The van der Waals surface area contributed by atoms with Gasteiger partial charge in [-0.15, -0.1) is 0 Å². The summed E-state index contributed by atoms with van der Waals surface area (Å²) in [5.74, 6) is 0. The summed E-state index contributed by atoms with van der Waals surface area (Å²) in [6.45, 7) is 7.11. The summed E-state index contributed by atoms with van der Waals surface area (Å²) in [5.41, 5.74) is 0.621. The lowest BCUT2D eigenvalue weighted by Gasteiger charge is -2.44. The largest absolute Gasteiger partial charge is 0.444 e. The minimum Gasteiger partial charge on any atom is -0.444 e. The highest BCUT2D eigenvalue weighted by Gasteiger charge is 2.37. The van der Waals surface area contributed by atoms with Gasteiger partial charge in [0.2, 0.25) is 0 Å². The van der Waals surface area contributed by atoms with Crippen LogP contribution in [0.2, 0.25) is 5.02 Å². The van der Waals surface area contributed by atoms with Gasteiger partial charge in [-0.2, -0.15) is 0 Å². The van der Waals surface area contributed by atoms with Crippen LogP contribution in [0.1, 0.15) is 39.2 Å². The zero-order valence-corrected chi connectivity index (χ0v) is 13.6. The van der Waals surface area contributed by atoms with Gasteiger partial charge in [-0.25, -0.2) is 4.79 Å². The lowest BCUT2D eigenvalue weighted by Crippen LogP contribution is -2.55. The Morgan fingerprint density at radius 1 is 1.48 bits per heavy atom. The summed E-state index contributed by atoms with van der Waals surface area (Å²) >= 11 is 6.07. The summed E-state index contributed by atoms with van der Waals surface area (Å²) in [5, 5.41) is 7.02. The van der Waals surface area contributed by atoms with Crippen molar-refractivity contribution in [3.63, 3.8) is 0 Å². The molecule has 0 saturated carbocycles. The predicted octanol–water partition coefficient (Wildman–Crippen LogP) is 3.44. The molecular formula is C16H23ClN2O2. The van der Waals surface area contributed by atoms with Crippen LogP contribution in [-0.4, -0.2) is 24.8 Å². The van der Waals surface area contributed by atoms with Gasteiger partial charge in [0.25, 0.3) is 0 Å². The average Bonchev–Trinajstić information content (AvgIpc) is 2.30. The molecule has 1 heterocycles. The molecule has 0 aromatic heterocycles. The van der Waals surface area contributed by atoms with Crippen molar-refractivity contribution >= 4 is 17.7 Å². The van der Waals surface area contributed by atoms with Crippen molar-refractivity contribution < 1.29 is 9.53 Å². The number of benzene rings is 1. The number of carbonyl (C=O) groups excluding carboxylic acids is 1. The van der Waals surface area contributed by atoms with Gasteiger partial charge in [-0.05, 0) is 57.9 Å². The van der Waals surface area contributed by atoms with Gasteiger partial charge in [-0.3, -0.25) is 0 Å². The Balaban J connectivity index is 1.90. The molecule has 0 bridgehead atoms. The SMILES string of the molecule is CC(C)(C)OC(=O)NCCC1(c2cccc(Cl)c2)CCN1. The van der Waals surface area contributed by atoms with E-state index in [0.717, 1.165) is 24.4 Å². The van der Waals surface area contributed by atoms with Gasteiger partial charge in [0.1, 0.15) is 5.60 Å². The van der Waals surface area contributed by atoms with Crippen LogP contribution in [0.4, 0.5) is 4.79 Å². The molecular weight excluding hydrogens is 288 g/mol. The Morgan fingerprint density at radius 2 is 2.19 bits per heavy atom. The van der Waals surface area contributed by atoms with Crippen molar-refractivity contribution in [1.82, 2.24) is 10.6 Å². The molecule has 116 valence electrons. The fraction of sp³-hybridized carbons (Fsp3) is 0.562. The van der Waals surface area contributed by atoms with Gasteiger partial charge in [0, 0.05) is 17.1 Å². The maximum Gasteiger partial charge on any atom is 0.407 e. The number of nitrogens with one attached hydrogen (secondary N) is 2. The van der Waals surface area contributed by atoms with Crippen LogP contribution >= 0.6 is 11.6 Å². The van der Waals surface area contributed by atoms with Crippen LogP contribution in [0.15, 0.2) is 24.3 Å². The lowest BCUT2D eigenvalue weighted by molar-refractivity contribution is 0.0517. The van der Waals surface area contributed by atoms with Crippen LogP contribution in [0, 0.1) is 0 Å². The van der Waals surface area contributed by atoms with E-state index in [1.807, 2.05) is 39.0 Å². The average molecular weight is 311 g/mol. The van der Waals surface area contributed by atoms with Gasteiger partial charge in [-0.1, -0.05) is 23.7 Å². The number of hydrogen-bond acceptors (Lipinski definition) is 3. The normalized spacial score (nSPS) is 21.5. The van der Waals surface area contributed by atoms with Crippen molar-refractivity contribution in [2.75, 3.05) is 13.1 Å². The Hall–Kier alpha value is -1.26. The van der Waals surface area contributed by atoms with E-state index < -0.39 is 5.60 Å². The van der Waals surface area contributed by atoms with E-state index >= 15 is 0 Å². The molecule has 2 rings (SSSR count). The van der Waals surface area contributed by atoms with E-state index in [2.05, 4.69) is 16.7 Å². The number of amides is 1. The maximum absolute atomic E-state index is 11.7. The monoisotopic (exact) mass is 310 g/mol. The van der Waals surface area contributed by atoms with Crippen molar-refractivity contribution in [2.45, 2.75) is 44.8 Å². The van der Waals surface area contributed by atoms with Crippen LogP contribution in [0.3, 0.4) is 0 Å². The summed E-state index contributed by atoms with van der Waals surface area (Å²) in [7, 11) is 0. The quantitative estimate of drug-likeness (QED) is 0.895. The van der Waals surface area contributed by atoms with E-state index in [0.29, 0.717) is 6.54 Å². The highest BCUT2D eigenvalue weighted by molar-refractivity contribution is 6.30. The second kappa shape index (κ2) is 6.24. The molecule has 1 fully saturated rings. The zero-order valence-electron chi connectivity index (χ0n) is 12.8. The molecule has 1 aliphatic rings. The molecule has 4 nitrogen and oxygen atoms in total. The van der Waals surface area contributed by atoms with Crippen LogP contribution in [0.5, 0.6) is 0 Å². The topological polar surface area (TPSA) is 50.4 Å². The molecule has 1 amide bonds. The third kappa shape index (κ3) is 4.35. The van der Waals surface area contributed by atoms with Gasteiger partial charge in [0.05, 0.1) is 0 Å². The molecule has 0 aliphatic carbocycles. The Morgan fingerprint density at radius 3 is 2.71 bits per heavy atom. The standard InChI is InChI=1S/C16H23ClN2O2/c1-15(2,3)21-14(20)18-9-7-16(8-10-19-16)12-5-4-6-13(17)11-12/h4-6,11,19H,7-10H2,1-3H3,(H,18,20). The van der Waals surface area contributed by atoms with Crippen LogP contribution < -0.4 is 10.6 Å². The Kier molecular flexibility index (Phi) is 4.79. The summed E-state index contributed by atoms with van der Waals surface area (Å²) in [6, 6.07) is 7.89. The van der Waals surface area contributed by atoms with E-state index in [1.54, 1.807) is 0 Å². The molecule has 1 unspecified atom stereocenters. The lowest BCUT2D eigenvalue weighted by atomic mass is 9.78. The first-order chi connectivity index (χ1) is 9.81. The fourth-order valence-corrected chi connectivity index (χ4v) is 2.70. The molecule has 1 atom stereocenters. The minimum atomic E-state index is -0.469. The van der Waals surface area contributed by atoms with E-state index in [1.165, 1.54) is 5.56 Å². The Labute approximate surface area is 131 Å². The first-order valence-corrected chi connectivity index (χ1v) is 7.66. The number of alkyl carbamates (subject to hydrolysis) is 1. The molecule has 2 N–H and O–H groups in total. The van der Waals surface area contributed by atoms with Crippen LogP contribution in [0.25, 0.3) is 0 Å². The number of ether oxygens (including phenoxy) is 1. The predicted molar refractivity (Wildman–Crippen MR) is 84.6 cm³/mol. The second-order valence-electron chi connectivity index (χ2n) is 6.45. The minimum absolute atomic E-state index is 0.0834. The number of halogens is 1. The smallest absolute Gasteiger partial charge is 0.407 e. The van der Waals surface area contributed by atoms with Crippen molar-refractivity contribution in [3.05, 3.63) is 34.9 Å². The highest BCUT2D eigenvalue weighted by atomic mass is 35.5. The Bertz CT molecular complexity index is 507. The van der Waals surface area contributed by atoms with Crippen molar-refractivity contribution in [2.24, 2.45) is 0 Å². The van der Waals surface area contributed by atoms with Crippen molar-refractivity contribution in [1.29, 1.82) is 0 Å².